The molecule has 100 valence electrons. The Balaban J connectivity index is 3.97. The van der Waals surface area contributed by atoms with Crippen molar-refractivity contribution in [2.75, 3.05) is 19.4 Å². The summed E-state index contributed by atoms with van der Waals surface area (Å²) in [6.45, 7) is 6.05. The Kier molecular flexibility index (Phi) is 9.04. The molecule has 1 amide bonds. The number of hydrogen-bond acceptors (Lipinski definition) is 4. The highest BCUT2D eigenvalue weighted by Gasteiger charge is 2.22. The smallest absolute Gasteiger partial charge is 0.330 e. The Hall–Kier alpha value is -0.640. The van der Waals surface area contributed by atoms with Crippen molar-refractivity contribution in [3.8, 4) is 0 Å². The van der Waals surface area contributed by atoms with E-state index in [0.717, 1.165) is 0 Å². The van der Waals surface area contributed by atoms with Crippen LogP contribution in [0.5, 0.6) is 0 Å². The van der Waals surface area contributed by atoms with Crippen LogP contribution < -0.4 is 5.32 Å². The van der Waals surface area contributed by atoms with Crippen molar-refractivity contribution in [3.05, 3.63) is 12.3 Å². The molecule has 1 N–H and O–H groups in total. The Bertz CT molecular complexity index is 281. The van der Waals surface area contributed by atoms with Gasteiger partial charge in [0, 0.05) is 6.42 Å². The van der Waals surface area contributed by atoms with Gasteiger partial charge in [-0.2, -0.15) is 0 Å². The van der Waals surface area contributed by atoms with Gasteiger partial charge in [-0.1, -0.05) is 6.08 Å². The summed E-state index contributed by atoms with van der Waals surface area (Å²) in [4.78, 5) is 11.3. The van der Waals surface area contributed by atoms with Gasteiger partial charge < -0.3 is 14.4 Å². The molecule has 0 spiro atoms. The second-order valence-corrected chi connectivity index (χ2v) is 5.53. The molecule has 6 heteroatoms. The van der Waals surface area contributed by atoms with Gasteiger partial charge >= 0.3 is 7.60 Å². The molecule has 0 rings (SSSR count). The topological polar surface area (TPSA) is 64.6 Å². The van der Waals surface area contributed by atoms with E-state index in [2.05, 4.69) is 5.32 Å². The Labute approximate surface area is 103 Å². The standard InChI is InChI=1S/C11H22NO4P/c1-4-9-12-11(13)8-7-10-17(14,15-5-2)16-6-3/h4,9H,5-8,10H2,1-3H3,(H,12,13). The van der Waals surface area contributed by atoms with Gasteiger partial charge in [-0.15, -0.1) is 0 Å². The maximum absolute atomic E-state index is 12.0. The van der Waals surface area contributed by atoms with Gasteiger partial charge in [0.1, 0.15) is 0 Å². The maximum Gasteiger partial charge on any atom is 0.330 e. The van der Waals surface area contributed by atoms with Gasteiger partial charge in [-0.25, -0.2) is 0 Å². The first-order chi connectivity index (χ1) is 8.08. The van der Waals surface area contributed by atoms with E-state index < -0.39 is 7.60 Å². The minimum Gasteiger partial charge on any atom is -0.333 e. The molecular weight excluding hydrogens is 241 g/mol. The van der Waals surface area contributed by atoms with Crippen LogP contribution in [0, 0.1) is 0 Å². The number of nitrogens with one attached hydrogen (secondary N) is 1. The van der Waals surface area contributed by atoms with Crippen molar-refractivity contribution in [2.45, 2.75) is 33.6 Å². The largest absolute Gasteiger partial charge is 0.333 e. The minimum absolute atomic E-state index is 0.0948. The zero-order valence-electron chi connectivity index (χ0n) is 10.8. The van der Waals surface area contributed by atoms with Crippen LogP contribution in [-0.4, -0.2) is 25.3 Å². The van der Waals surface area contributed by atoms with E-state index >= 15 is 0 Å². The molecule has 0 aromatic heterocycles. The van der Waals surface area contributed by atoms with E-state index in [4.69, 9.17) is 9.05 Å². The highest BCUT2D eigenvalue weighted by atomic mass is 31.2. The summed E-state index contributed by atoms with van der Waals surface area (Å²) in [5.41, 5.74) is 0. The van der Waals surface area contributed by atoms with Crippen LogP contribution in [0.15, 0.2) is 12.3 Å². The molecular formula is C11H22NO4P. The normalized spacial score (nSPS) is 11.9. The van der Waals surface area contributed by atoms with E-state index in [0.29, 0.717) is 26.1 Å². The van der Waals surface area contributed by atoms with Gasteiger partial charge in [0.25, 0.3) is 0 Å². The van der Waals surface area contributed by atoms with Gasteiger partial charge in [0.05, 0.1) is 19.4 Å². The lowest BCUT2D eigenvalue weighted by atomic mass is 10.3. The molecule has 0 aromatic rings. The average molecular weight is 263 g/mol. The summed E-state index contributed by atoms with van der Waals surface area (Å²) in [7, 11) is -3.00. The van der Waals surface area contributed by atoms with Crippen LogP contribution in [0.2, 0.25) is 0 Å². The predicted molar refractivity (Wildman–Crippen MR) is 67.9 cm³/mol. The first-order valence-electron chi connectivity index (χ1n) is 5.86. The quantitative estimate of drug-likeness (QED) is 0.649. The molecule has 17 heavy (non-hydrogen) atoms. The monoisotopic (exact) mass is 263 g/mol. The van der Waals surface area contributed by atoms with Crippen LogP contribution in [0.4, 0.5) is 0 Å². The SMILES string of the molecule is CC=CNC(=O)CCCP(=O)(OCC)OCC. The lowest BCUT2D eigenvalue weighted by Crippen LogP contribution is -2.16. The van der Waals surface area contributed by atoms with E-state index in [-0.39, 0.29) is 12.1 Å². The molecule has 0 aliphatic rings. The Morgan fingerprint density at radius 2 is 1.88 bits per heavy atom. The summed E-state index contributed by atoms with van der Waals surface area (Å²) in [5.74, 6) is -0.0948. The number of carbonyl (C=O) groups excluding carboxylic acids is 1. The van der Waals surface area contributed by atoms with Crippen LogP contribution >= 0.6 is 7.60 Å². The predicted octanol–water partition coefficient (Wildman–Crippen LogP) is 2.68. The number of amides is 1. The van der Waals surface area contributed by atoms with Gasteiger partial charge in [-0.3, -0.25) is 9.36 Å². The van der Waals surface area contributed by atoms with Crippen molar-refractivity contribution >= 4 is 13.5 Å². The van der Waals surface area contributed by atoms with Crippen molar-refractivity contribution in [2.24, 2.45) is 0 Å². The molecule has 0 aromatic carbocycles. The summed E-state index contributed by atoms with van der Waals surface area (Å²) in [6.07, 6.45) is 4.39. The second kappa shape index (κ2) is 9.40. The fourth-order valence-corrected chi connectivity index (χ4v) is 2.91. The maximum atomic E-state index is 12.0. The zero-order chi connectivity index (χ0) is 13.1. The molecule has 0 saturated heterocycles. The van der Waals surface area contributed by atoms with Gasteiger partial charge in [0.2, 0.25) is 5.91 Å². The van der Waals surface area contributed by atoms with E-state index in [1.54, 1.807) is 26.1 Å². The molecule has 0 radical (unpaired) electrons. The third-order valence-electron chi connectivity index (χ3n) is 1.90. The van der Waals surface area contributed by atoms with Gasteiger partial charge in [-0.05, 0) is 33.4 Å². The minimum atomic E-state index is -3.00. The molecule has 0 atom stereocenters. The zero-order valence-corrected chi connectivity index (χ0v) is 11.7. The third kappa shape index (κ3) is 8.13. The second-order valence-electron chi connectivity index (χ2n) is 3.34. The summed E-state index contributed by atoms with van der Waals surface area (Å²) in [6, 6.07) is 0. The lowest BCUT2D eigenvalue weighted by Gasteiger charge is -2.16. The highest BCUT2D eigenvalue weighted by Crippen LogP contribution is 2.48. The van der Waals surface area contributed by atoms with Crippen molar-refractivity contribution in [3.63, 3.8) is 0 Å². The van der Waals surface area contributed by atoms with Crippen LogP contribution in [-0.2, 0) is 18.4 Å². The van der Waals surface area contributed by atoms with E-state index in [1.165, 1.54) is 0 Å². The highest BCUT2D eigenvalue weighted by molar-refractivity contribution is 7.53. The molecule has 0 heterocycles. The molecule has 0 saturated carbocycles. The van der Waals surface area contributed by atoms with E-state index in [9.17, 15) is 9.36 Å². The van der Waals surface area contributed by atoms with Crippen LogP contribution in [0.1, 0.15) is 33.6 Å². The first-order valence-corrected chi connectivity index (χ1v) is 7.59. The van der Waals surface area contributed by atoms with E-state index in [1.807, 2.05) is 6.92 Å². The van der Waals surface area contributed by atoms with Crippen LogP contribution in [0.25, 0.3) is 0 Å². The fourth-order valence-electron chi connectivity index (χ4n) is 1.24. The summed E-state index contributed by atoms with van der Waals surface area (Å²) in [5, 5.41) is 2.59. The van der Waals surface area contributed by atoms with Crippen molar-refractivity contribution in [1.29, 1.82) is 0 Å². The molecule has 5 nitrogen and oxygen atoms in total. The molecule has 0 aliphatic carbocycles. The number of allylic oxidation sites excluding steroid dienone is 1. The van der Waals surface area contributed by atoms with Crippen molar-refractivity contribution < 1.29 is 18.4 Å². The Morgan fingerprint density at radius 1 is 1.29 bits per heavy atom. The number of carbonyl (C=O) groups is 1. The summed E-state index contributed by atoms with van der Waals surface area (Å²) >= 11 is 0. The van der Waals surface area contributed by atoms with Gasteiger partial charge in [0.15, 0.2) is 0 Å². The fraction of sp³-hybridized carbons (Fsp3) is 0.727. The molecule has 0 aliphatic heterocycles. The molecule has 0 fully saturated rings. The third-order valence-corrected chi connectivity index (χ3v) is 4.07. The first kappa shape index (κ1) is 16.4. The number of rotatable bonds is 9. The number of hydrogen-bond donors (Lipinski definition) is 1. The summed E-state index contributed by atoms with van der Waals surface area (Å²) < 4.78 is 22.3. The molecule has 0 unspecified atom stereocenters. The average Bonchev–Trinajstić information content (AvgIpc) is 2.27. The Morgan fingerprint density at radius 3 is 2.35 bits per heavy atom. The molecule has 0 bridgehead atoms. The van der Waals surface area contributed by atoms with Crippen LogP contribution in [0.3, 0.4) is 0 Å². The van der Waals surface area contributed by atoms with Crippen molar-refractivity contribution in [1.82, 2.24) is 5.32 Å². The lowest BCUT2D eigenvalue weighted by molar-refractivity contribution is -0.120.